The molecule has 0 aliphatic carbocycles. The van der Waals surface area contributed by atoms with Crippen molar-refractivity contribution in [2.75, 3.05) is 5.73 Å². The van der Waals surface area contributed by atoms with Crippen molar-refractivity contribution in [2.45, 2.75) is 11.4 Å². The third-order valence-corrected chi connectivity index (χ3v) is 4.42. The third kappa shape index (κ3) is 3.19. The maximum atomic E-state index is 13.2. The van der Waals surface area contributed by atoms with Crippen molar-refractivity contribution in [2.24, 2.45) is 0 Å². The highest BCUT2D eigenvalue weighted by atomic mass is 32.2. The van der Waals surface area contributed by atoms with E-state index in [2.05, 4.69) is 9.71 Å². The molecule has 0 saturated carbocycles. The van der Waals surface area contributed by atoms with Gasteiger partial charge in [-0.3, -0.25) is 4.79 Å². The summed E-state index contributed by atoms with van der Waals surface area (Å²) >= 11 is 0.933. The van der Waals surface area contributed by atoms with E-state index in [-0.39, 0.29) is 22.0 Å². The highest BCUT2D eigenvalue weighted by Gasteiger charge is 2.15. The predicted molar refractivity (Wildman–Crippen MR) is 69.8 cm³/mol. The van der Waals surface area contributed by atoms with Gasteiger partial charge in [-0.2, -0.15) is 0 Å². The van der Waals surface area contributed by atoms with Crippen molar-refractivity contribution >= 4 is 27.0 Å². The molecule has 2 rings (SSSR count). The fraction of sp³-hybridized carbons (Fsp3) is 0.100. The Morgan fingerprint density at radius 3 is 2.74 bits per heavy atom. The van der Waals surface area contributed by atoms with Gasteiger partial charge in [0.15, 0.2) is 0 Å². The summed E-state index contributed by atoms with van der Waals surface area (Å²) in [5.41, 5.74) is 5.59. The Morgan fingerprint density at radius 2 is 2.16 bits per heavy atom. The zero-order valence-corrected chi connectivity index (χ0v) is 11.1. The van der Waals surface area contributed by atoms with Gasteiger partial charge >= 0.3 is 4.87 Å². The van der Waals surface area contributed by atoms with E-state index in [1.165, 1.54) is 17.5 Å². The van der Waals surface area contributed by atoms with Crippen molar-refractivity contribution in [1.82, 2.24) is 9.71 Å². The second-order valence-corrected chi connectivity index (χ2v) is 6.29. The van der Waals surface area contributed by atoms with Gasteiger partial charge < -0.3 is 10.7 Å². The molecule has 0 spiro atoms. The number of rotatable bonds is 4. The standard InChI is InChI=1S/C10H10FN3O3S2/c11-8-3-7(1-2-9(8)12)19(16,17)13-4-6-5-18-10(15)14-6/h1-3,5,13H,4,12H2,(H,14,15). The Balaban J connectivity index is 2.18. The molecule has 1 heterocycles. The highest BCUT2D eigenvalue weighted by molar-refractivity contribution is 7.89. The monoisotopic (exact) mass is 303 g/mol. The van der Waals surface area contributed by atoms with Crippen molar-refractivity contribution < 1.29 is 12.8 Å². The molecule has 6 nitrogen and oxygen atoms in total. The van der Waals surface area contributed by atoms with Gasteiger partial charge in [-0.15, -0.1) is 0 Å². The number of hydrogen-bond acceptors (Lipinski definition) is 5. The number of halogens is 1. The van der Waals surface area contributed by atoms with Crippen LogP contribution in [0.25, 0.3) is 0 Å². The van der Waals surface area contributed by atoms with Crippen LogP contribution in [-0.2, 0) is 16.6 Å². The number of aromatic nitrogens is 1. The fourth-order valence-electron chi connectivity index (χ4n) is 1.33. The van der Waals surface area contributed by atoms with Crippen LogP contribution in [0.1, 0.15) is 5.69 Å². The average molecular weight is 303 g/mol. The largest absolute Gasteiger partial charge is 0.396 e. The van der Waals surface area contributed by atoms with Gasteiger partial charge in [-0.1, -0.05) is 11.3 Å². The molecule has 9 heteroatoms. The van der Waals surface area contributed by atoms with E-state index in [0.717, 1.165) is 17.4 Å². The van der Waals surface area contributed by atoms with Gasteiger partial charge in [0.05, 0.1) is 17.1 Å². The smallest absolute Gasteiger partial charge is 0.304 e. The van der Waals surface area contributed by atoms with Crippen LogP contribution in [0.5, 0.6) is 0 Å². The number of nitrogen functional groups attached to an aromatic ring is 1. The van der Waals surface area contributed by atoms with Gasteiger partial charge in [-0.05, 0) is 18.2 Å². The maximum absolute atomic E-state index is 13.2. The summed E-state index contributed by atoms with van der Waals surface area (Å²) in [6.07, 6.45) is 0. The van der Waals surface area contributed by atoms with Gasteiger partial charge in [0.1, 0.15) is 5.82 Å². The molecular weight excluding hydrogens is 293 g/mol. The summed E-state index contributed by atoms with van der Waals surface area (Å²) in [5, 5.41) is 1.51. The summed E-state index contributed by atoms with van der Waals surface area (Å²) in [6, 6.07) is 3.22. The summed E-state index contributed by atoms with van der Waals surface area (Å²) in [4.78, 5) is 12.9. The van der Waals surface area contributed by atoms with E-state index >= 15 is 0 Å². The van der Waals surface area contributed by atoms with Crippen LogP contribution in [0.3, 0.4) is 0 Å². The van der Waals surface area contributed by atoms with Gasteiger partial charge in [0, 0.05) is 11.1 Å². The number of aromatic amines is 1. The van der Waals surface area contributed by atoms with Gasteiger partial charge in [-0.25, -0.2) is 17.5 Å². The lowest BCUT2D eigenvalue weighted by Crippen LogP contribution is -2.23. The Hall–Kier alpha value is -1.71. The van der Waals surface area contributed by atoms with Crippen molar-refractivity contribution in [1.29, 1.82) is 0 Å². The summed E-state index contributed by atoms with van der Waals surface area (Å²) in [7, 11) is -3.85. The normalized spacial score (nSPS) is 11.6. The van der Waals surface area contributed by atoms with E-state index < -0.39 is 15.8 Å². The molecule has 0 unspecified atom stereocenters. The van der Waals surface area contributed by atoms with Crippen LogP contribution in [0.15, 0.2) is 33.3 Å². The van der Waals surface area contributed by atoms with Crippen LogP contribution in [-0.4, -0.2) is 13.4 Å². The molecule has 0 aliphatic rings. The second-order valence-electron chi connectivity index (χ2n) is 3.68. The summed E-state index contributed by atoms with van der Waals surface area (Å²) in [5.74, 6) is -0.799. The maximum Gasteiger partial charge on any atom is 0.304 e. The first kappa shape index (κ1) is 13.7. The molecule has 2 aromatic rings. The minimum absolute atomic E-state index is 0.0763. The Labute approximate surface area is 112 Å². The van der Waals surface area contributed by atoms with Crippen molar-refractivity contribution in [3.05, 3.63) is 44.8 Å². The molecular formula is C10H10FN3O3S2. The Morgan fingerprint density at radius 1 is 1.42 bits per heavy atom. The Bertz CT molecular complexity index is 751. The summed E-state index contributed by atoms with van der Waals surface area (Å²) in [6.45, 7) is -0.0763. The number of nitrogens with one attached hydrogen (secondary N) is 2. The predicted octanol–water partition coefficient (Wildman–Crippen LogP) is 0.636. The zero-order valence-electron chi connectivity index (χ0n) is 9.51. The number of nitrogens with two attached hydrogens (primary N) is 1. The first-order chi connectivity index (χ1) is 8.88. The van der Waals surface area contributed by atoms with Gasteiger partial charge in [0.2, 0.25) is 10.0 Å². The fourth-order valence-corrected chi connectivity index (χ4v) is 2.93. The number of sulfonamides is 1. The number of H-pyrrole nitrogens is 1. The SMILES string of the molecule is Nc1ccc(S(=O)(=O)NCc2csc(=O)[nH]2)cc1F. The molecule has 102 valence electrons. The number of hydrogen-bond donors (Lipinski definition) is 3. The lowest BCUT2D eigenvalue weighted by Gasteiger charge is -2.06. The van der Waals surface area contributed by atoms with E-state index in [9.17, 15) is 17.6 Å². The first-order valence-electron chi connectivity index (χ1n) is 5.10. The second kappa shape index (κ2) is 5.11. The van der Waals surface area contributed by atoms with E-state index in [4.69, 9.17) is 5.73 Å². The molecule has 0 fully saturated rings. The quantitative estimate of drug-likeness (QED) is 0.721. The topological polar surface area (TPSA) is 105 Å². The highest BCUT2D eigenvalue weighted by Crippen LogP contribution is 2.16. The van der Waals surface area contributed by atoms with Gasteiger partial charge in [0.25, 0.3) is 0 Å². The van der Waals surface area contributed by atoms with Crippen LogP contribution in [0, 0.1) is 5.82 Å². The molecule has 0 radical (unpaired) electrons. The minimum Gasteiger partial charge on any atom is -0.396 e. The van der Waals surface area contributed by atoms with E-state index in [1.54, 1.807) is 0 Å². The number of anilines is 1. The lowest BCUT2D eigenvalue weighted by molar-refractivity contribution is 0.577. The molecule has 0 saturated heterocycles. The number of thiazole rings is 1. The lowest BCUT2D eigenvalue weighted by atomic mass is 10.3. The molecule has 0 aliphatic heterocycles. The molecule has 4 N–H and O–H groups in total. The Kier molecular flexibility index (Phi) is 3.69. The number of benzene rings is 1. The van der Waals surface area contributed by atoms with E-state index in [0.29, 0.717) is 5.69 Å². The van der Waals surface area contributed by atoms with Crippen LogP contribution >= 0.6 is 11.3 Å². The van der Waals surface area contributed by atoms with Crippen LogP contribution in [0.4, 0.5) is 10.1 Å². The van der Waals surface area contributed by atoms with E-state index in [1.807, 2.05) is 0 Å². The molecule has 19 heavy (non-hydrogen) atoms. The third-order valence-electron chi connectivity index (χ3n) is 2.31. The average Bonchev–Trinajstić information content (AvgIpc) is 2.76. The van der Waals surface area contributed by atoms with Crippen molar-refractivity contribution in [3.8, 4) is 0 Å². The van der Waals surface area contributed by atoms with Crippen molar-refractivity contribution in [3.63, 3.8) is 0 Å². The van der Waals surface area contributed by atoms with Crippen LogP contribution < -0.4 is 15.3 Å². The molecule has 0 bridgehead atoms. The molecule has 0 amide bonds. The van der Waals surface area contributed by atoms with Crippen LogP contribution in [0.2, 0.25) is 0 Å². The first-order valence-corrected chi connectivity index (χ1v) is 7.46. The zero-order chi connectivity index (χ0) is 14.0. The minimum atomic E-state index is -3.85. The molecule has 0 atom stereocenters. The molecule has 1 aromatic heterocycles. The molecule has 1 aromatic carbocycles. The summed E-state index contributed by atoms with van der Waals surface area (Å²) < 4.78 is 39.2.